The molecular weight excluding hydrogens is 279 g/mol. The van der Waals surface area contributed by atoms with Gasteiger partial charge in [-0.15, -0.1) is 11.6 Å². The van der Waals surface area contributed by atoms with Gasteiger partial charge >= 0.3 is 0 Å². The number of rotatable bonds is 7. The standard InChI is InChI=1S/C15H20ClFN2O/c1-3-4-12(10-20-2)19-14-6-5-11(17)9-13(14)18-15(19)7-8-16/h5-6,9,12H,3-4,7-8,10H2,1-2H3. The molecular formula is C15H20ClFN2O. The third-order valence-electron chi connectivity index (χ3n) is 3.39. The molecule has 2 aromatic rings. The van der Waals surface area contributed by atoms with Gasteiger partial charge in [-0.2, -0.15) is 0 Å². The second kappa shape index (κ2) is 7.04. The molecule has 1 heterocycles. The second-order valence-corrected chi connectivity index (χ2v) is 5.25. The first kappa shape index (κ1) is 15.3. The molecule has 1 unspecified atom stereocenters. The van der Waals surface area contributed by atoms with Gasteiger partial charge < -0.3 is 9.30 Å². The van der Waals surface area contributed by atoms with Gasteiger partial charge in [-0.1, -0.05) is 13.3 Å². The fourth-order valence-electron chi connectivity index (χ4n) is 2.60. The average Bonchev–Trinajstić information content (AvgIpc) is 2.76. The van der Waals surface area contributed by atoms with Crippen LogP contribution in [0.5, 0.6) is 0 Å². The lowest BCUT2D eigenvalue weighted by Gasteiger charge is -2.20. The van der Waals surface area contributed by atoms with Crippen molar-refractivity contribution in [3.05, 3.63) is 29.8 Å². The Morgan fingerprint density at radius 2 is 2.25 bits per heavy atom. The van der Waals surface area contributed by atoms with Crippen molar-refractivity contribution in [2.24, 2.45) is 0 Å². The Morgan fingerprint density at radius 3 is 2.90 bits per heavy atom. The summed E-state index contributed by atoms with van der Waals surface area (Å²) in [6, 6.07) is 4.94. The summed E-state index contributed by atoms with van der Waals surface area (Å²) >= 11 is 5.87. The predicted molar refractivity (Wildman–Crippen MR) is 79.9 cm³/mol. The summed E-state index contributed by atoms with van der Waals surface area (Å²) < 4.78 is 20.8. The van der Waals surface area contributed by atoms with E-state index in [1.54, 1.807) is 13.2 Å². The van der Waals surface area contributed by atoms with E-state index in [4.69, 9.17) is 16.3 Å². The fourth-order valence-corrected chi connectivity index (χ4v) is 2.77. The Kier molecular flexibility index (Phi) is 5.38. The lowest BCUT2D eigenvalue weighted by molar-refractivity contribution is 0.151. The number of hydrogen-bond acceptors (Lipinski definition) is 2. The van der Waals surface area contributed by atoms with Crippen LogP contribution < -0.4 is 0 Å². The normalized spacial score (nSPS) is 13.0. The molecule has 0 spiro atoms. The number of nitrogens with zero attached hydrogens (tertiary/aromatic N) is 2. The van der Waals surface area contributed by atoms with Crippen LogP contribution in [0.15, 0.2) is 18.2 Å². The van der Waals surface area contributed by atoms with Gasteiger partial charge in [0.25, 0.3) is 0 Å². The molecule has 0 aliphatic rings. The van der Waals surface area contributed by atoms with E-state index in [9.17, 15) is 4.39 Å². The smallest absolute Gasteiger partial charge is 0.125 e. The summed E-state index contributed by atoms with van der Waals surface area (Å²) in [5.74, 6) is 1.13. The molecule has 110 valence electrons. The van der Waals surface area contributed by atoms with Crippen molar-refractivity contribution in [2.45, 2.75) is 32.2 Å². The van der Waals surface area contributed by atoms with Crippen LogP contribution in [0.25, 0.3) is 11.0 Å². The van der Waals surface area contributed by atoms with Crippen molar-refractivity contribution in [2.75, 3.05) is 19.6 Å². The highest BCUT2D eigenvalue weighted by Gasteiger charge is 2.18. The molecule has 0 bridgehead atoms. The third-order valence-corrected chi connectivity index (χ3v) is 3.58. The van der Waals surface area contributed by atoms with Gasteiger partial charge in [-0.05, 0) is 18.6 Å². The van der Waals surface area contributed by atoms with Crippen molar-refractivity contribution in [1.82, 2.24) is 9.55 Å². The van der Waals surface area contributed by atoms with Crippen LogP contribution in [0.2, 0.25) is 0 Å². The van der Waals surface area contributed by atoms with Gasteiger partial charge in [-0.25, -0.2) is 9.37 Å². The molecule has 2 rings (SSSR count). The maximum absolute atomic E-state index is 13.4. The van der Waals surface area contributed by atoms with Crippen molar-refractivity contribution >= 4 is 22.6 Å². The highest BCUT2D eigenvalue weighted by Crippen LogP contribution is 2.25. The zero-order valence-electron chi connectivity index (χ0n) is 11.9. The monoisotopic (exact) mass is 298 g/mol. The topological polar surface area (TPSA) is 27.1 Å². The molecule has 5 heteroatoms. The molecule has 0 fully saturated rings. The van der Waals surface area contributed by atoms with Crippen LogP contribution >= 0.6 is 11.6 Å². The van der Waals surface area contributed by atoms with E-state index >= 15 is 0 Å². The van der Waals surface area contributed by atoms with E-state index in [2.05, 4.69) is 16.5 Å². The zero-order chi connectivity index (χ0) is 14.5. The average molecular weight is 299 g/mol. The van der Waals surface area contributed by atoms with Crippen LogP contribution in [-0.4, -0.2) is 29.1 Å². The summed E-state index contributed by atoms with van der Waals surface area (Å²) in [6.07, 6.45) is 2.71. The highest BCUT2D eigenvalue weighted by atomic mass is 35.5. The molecule has 0 saturated heterocycles. The Balaban J connectivity index is 2.53. The van der Waals surface area contributed by atoms with Crippen LogP contribution in [0.4, 0.5) is 4.39 Å². The van der Waals surface area contributed by atoms with Crippen molar-refractivity contribution < 1.29 is 9.13 Å². The molecule has 1 aromatic heterocycles. The summed E-state index contributed by atoms with van der Waals surface area (Å²) in [7, 11) is 1.70. The minimum Gasteiger partial charge on any atom is -0.383 e. The Labute approximate surface area is 123 Å². The SMILES string of the molecule is CCCC(COC)n1c(CCCl)nc2cc(F)ccc21. The minimum absolute atomic E-state index is 0.207. The van der Waals surface area contributed by atoms with E-state index < -0.39 is 0 Å². The number of methoxy groups -OCH3 is 1. The van der Waals surface area contributed by atoms with E-state index in [0.717, 1.165) is 24.2 Å². The highest BCUT2D eigenvalue weighted by molar-refractivity contribution is 6.17. The third kappa shape index (κ3) is 3.13. The molecule has 0 saturated carbocycles. The quantitative estimate of drug-likeness (QED) is 0.724. The Hall–Kier alpha value is -1.13. The minimum atomic E-state index is -0.265. The first-order valence-corrected chi connectivity index (χ1v) is 7.46. The largest absolute Gasteiger partial charge is 0.383 e. The molecule has 3 nitrogen and oxygen atoms in total. The van der Waals surface area contributed by atoms with Gasteiger partial charge in [-0.3, -0.25) is 0 Å². The predicted octanol–water partition coefficient (Wildman–Crippen LogP) is 3.94. The van der Waals surface area contributed by atoms with Gasteiger partial charge in [0.1, 0.15) is 11.6 Å². The molecule has 0 N–H and O–H groups in total. The van der Waals surface area contributed by atoms with E-state index in [1.165, 1.54) is 12.1 Å². The zero-order valence-corrected chi connectivity index (χ0v) is 12.7. The Bertz CT molecular complexity index is 564. The number of fused-ring (bicyclic) bond motifs is 1. The number of hydrogen-bond donors (Lipinski definition) is 0. The fraction of sp³-hybridized carbons (Fsp3) is 0.533. The number of aromatic nitrogens is 2. The lowest BCUT2D eigenvalue weighted by atomic mass is 10.1. The van der Waals surface area contributed by atoms with E-state index in [0.29, 0.717) is 24.4 Å². The molecule has 0 aliphatic heterocycles. The molecule has 0 amide bonds. The summed E-state index contributed by atoms with van der Waals surface area (Å²) in [6.45, 7) is 2.76. The van der Waals surface area contributed by atoms with Crippen molar-refractivity contribution in [3.8, 4) is 0 Å². The number of imidazole rings is 1. The molecule has 1 aromatic carbocycles. The lowest BCUT2D eigenvalue weighted by Crippen LogP contribution is -2.17. The van der Waals surface area contributed by atoms with Crippen molar-refractivity contribution in [1.29, 1.82) is 0 Å². The van der Waals surface area contributed by atoms with Gasteiger partial charge in [0.2, 0.25) is 0 Å². The number of benzene rings is 1. The number of alkyl halides is 1. The van der Waals surface area contributed by atoms with Crippen LogP contribution in [0.1, 0.15) is 31.6 Å². The van der Waals surface area contributed by atoms with Crippen LogP contribution in [-0.2, 0) is 11.2 Å². The van der Waals surface area contributed by atoms with Gasteiger partial charge in [0.15, 0.2) is 0 Å². The van der Waals surface area contributed by atoms with Crippen molar-refractivity contribution in [3.63, 3.8) is 0 Å². The number of ether oxygens (including phenoxy) is 1. The number of halogens is 2. The van der Waals surface area contributed by atoms with E-state index in [-0.39, 0.29) is 11.9 Å². The molecule has 0 aliphatic carbocycles. The van der Waals surface area contributed by atoms with E-state index in [1.807, 2.05) is 0 Å². The Morgan fingerprint density at radius 1 is 1.45 bits per heavy atom. The molecule has 0 radical (unpaired) electrons. The molecule has 1 atom stereocenters. The van der Waals surface area contributed by atoms with Crippen LogP contribution in [0, 0.1) is 5.82 Å². The van der Waals surface area contributed by atoms with Crippen LogP contribution in [0.3, 0.4) is 0 Å². The summed E-state index contributed by atoms with van der Waals surface area (Å²) in [5.41, 5.74) is 1.63. The second-order valence-electron chi connectivity index (χ2n) is 4.87. The first-order chi connectivity index (χ1) is 9.71. The summed E-state index contributed by atoms with van der Waals surface area (Å²) in [5, 5.41) is 0. The molecule has 20 heavy (non-hydrogen) atoms. The maximum atomic E-state index is 13.4. The number of aryl methyl sites for hydroxylation is 1. The van der Waals surface area contributed by atoms with Gasteiger partial charge in [0, 0.05) is 25.5 Å². The first-order valence-electron chi connectivity index (χ1n) is 6.92. The summed E-state index contributed by atoms with van der Waals surface area (Å²) in [4.78, 5) is 4.53. The maximum Gasteiger partial charge on any atom is 0.125 e. The van der Waals surface area contributed by atoms with Gasteiger partial charge in [0.05, 0.1) is 23.7 Å².